The summed E-state index contributed by atoms with van der Waals surface area (Å²) in [5.41, 5.74) is 0.594. The van der Waals surface area contributed by atoms with Crippen LogP contribution in [0.25, 0.3) is 10.2 Å². The third-order valence-electron chi connectivity index (χ3n) is 4.16. The van der Waals surface area contributed by atoms with Gasteiger partial charge in [-0.15, -0.1) is 22.7 Å². The summed E-state index contributed by atoms with van der Waals surface area (Å²) in [6.45, 7) is 2.59. The van der Waals surface area contributed by atoms with Crippen molar-refractivity contribution in [3.05, 3.63) is 45.1 Å². The number of H-pyrrole nitrogens is 1. The SMILES string of the molecule is O=c1[nH]c(CN2CCN(S(=O)(=O)c3cccs3)CC2)nc2ccsc12. The quantitative estimate of drug-likeness (QED) is 0.723. The Kier molecular flexibility index (Phi) is 4.46. The van der Waals surface area contributed by atoms with Crippen LogP contribution in [-0.4, -0.2) is 53.8 Å². The smallest absolute Gasteiger partial charge is 0.268 e. The predicted octanol–water partition coefficient (Wildman–Crippen LogP) is 1.55. The lowest BCUT2D eigenvalue weighted by Crippen LogP contribution is -2.48. The van der Waals surface area contributed by atoms with E-state index in [4.69, 9.17) is 0 Å². The topological polar surface area (TPSA) is 86.4 Å². The highest BCUT2D eigenvalue weighted by atomic mass is 32.2. The third-order valence-corrected chi connectivity index (χ3v) is 8.33. The van der Waals surface area contributed by atoms with Crippen LogP contribution < -0.4 is 5.56 Å². The molecule has 10 heteroatoms. The minimum atomic E-state index is -3.39. The maximum Gasteiger partial charge on any atom is 0.268 e. The number of hydrogen-bond donors (Lipinski definition) is 1. The number of aromatic nitrogens is 2. The van der Waals surface area contributed by atoms with E-state index in [2.05, 4.69) is 14.9 Å². The Morgan fingerprint density at radius 3 is 2.64 bits per heavy atom. The monoisotopic (exact) mass is 396 g/mol. The zero-order valence-electron chi connectivity index (χ0n) is 13.2. The summed E-state index contributed by atoms with van der Waals surface area (Å²) in [5.74, 6) is 0.616. The highest BCUT2D eigenvalue weighted by Gasteiger charge is 2.29. The zero-order chi connectivity index (χ0) is 17.4. The minimum absolute atomic E-state index is 0.117. The van der Waals surface area contributed by atoms with Gasteiger partial charge < -0.3 is 4.98 Å². The lowest BCUT2D eigenvalue weighted by molar-refractivity contribution is 0.178. The van der Waals surface area contributed by atoms with Gasteiger partial charge in [0.15, 0.2) is 0 Å². The Morgan fingerprint density at radius 1 is 1.12 bits per heavy atom. The van der Waals surface area contributed by atoms with Gasteiger partial charge in [0.25, 0.3) is 15.6 Å². The van der Waals surface area contributed by atoms with Crippen molar-refractivity contribution in [1.82, 2.24) is 19.2 Å². The molecule has 1 aliphatic heterocycles. The molecule has 0 atom stereocenters. The van der Waals surface area contributed by atoms with Crippen LogP contribution in [0.15, 0.2) is 38.0 Å². The van der Waals surface area contributed by atoms with E-state index in [-0.39, 0.29) is 5.56 Å². The number of rotatable bonds is 4. The third kappa shape index (κ3) is 3.27. The van der Waals surface area contributed by atoms with E-state index < -0.39 is 10.0 Å². The van der Waals surface area contributed by atoms with Crippen molar-refractivity contribution in [2.45, 2.75) is 10.8 Å². The number of aromatic amines is 1. The molecule has 0 saturated carbocycles. The molecular formula is C15H16N4O3S3. The molecule has 25 heavy (non-hydrogen) atoms. The van der Waals surface area contributed by atoms with E-state index in [1.807, 2.05) is 11.4 Å². The molecule has 0 aromatic carbocycles. The van der Waals surface area contributed by atoms with Gasteiger partial charge in [0.2, 0.25) is 0 Å². The first-order valence-corrected chi connectivity index (χ1v) is 11.0. The van der Waals surface area contributed by atoms with Gasteiger partial charge in [-0.3, -0.25) is 9.69 Å². The minimum Gasteiger partial charge on any atom is -0.308 e. The van der Waals surface area contributed by atoms with Crippen LogP contribution in [-0.2, 0) is 16.6 Å². The summed E-state index contributed by atoms with van der Waals surface area (Å²) in [6.07, 6.45) is 0. The number of hydrogen-bond acceptors (Lipinski definition) is 7. The van der Waals surface area contributed by atoms with Crippen molar-refractivity contribution in [2.24, 2.45) is 0 Å². The fraction of sp³-hybridized carbons (Fsp3) is 0.333. The summed E-state index contributed by atoms with van der Waals surface area (Å²) in [5, 5.41) is 3.62. The first-order valence-electron chi connectivity index (χ1n) is 7.76. The molecule has 0 radical (unpaired) electrons. The average Bonchev–Trinajstić information content (AvgIpc) is 3.27. The van der Waals surface area contributed by atoms with Crippen molar-refractivity contribution in [2.75, 3.05) is 26.2 Å². The second-order valence-corrected chi connectivity index (χ2v) is 9.79. The number of piperazine rings is 1. The van der Waals surface area contributed by atoms with E-state index in [9.17, 15) is 13.2 Å². The molecule has 3 aromatic heterocycles. The highest BCUT2D eigenvalue weighted by molar-refractivity contribution is 7.91. The molecule has 3 aromatic rings. The maximum atomic E-state index is 12.5. The van der Waals surface area contributed by atoms with E-state index in [1.54, 1.807) is 17.5 Å². The molecule has 0 spiro atoms. The van der Waals surface area contributed by atoms with Gasteiger partial charge in [-0.2, -0.15) is 4.31 Å². The van der Waals surface area contributed by atoms with Crippen LogP contribution in [0.4, 0.5) is 0 Å². The molecule has 7 nitrogen and oxygen atoms in total. The molecule has 0 amide bonds. The molecule has 0 aliphatic carbocycles. The van der Waals surface area contributed by atoms with Crippen molar-refractivity contribution < 1.29 is 8.42 Å². The van der Waals surface area contributed by atoms with E-state index >= 15 is 0 Å². The van der Waals surface area contributed by atoms with Crippen molar-refractivity contribution in [1.29, 1.82) is 0 Å². The van der Waals surface area contributed by atoms with Crippen LogP contribution in [0.5, 0.6) is 0 Å². The highest BCUT2D eigenvalue weighted by Crippen LogP contribution is 2.22. The normalized spacial score (nSPS) is 17.3. The molecule has 132 valence electrons. The Bertz CT molecular complexity index is 1030. The second kappa shape index (κ2) is 6.61. The molecule has 0 unspecified atom stereocenters. The van der Waals surface area contributed by atoms with Crippen molar-refractivity contribution in [3.8, 4) is 0 Å². The molecule has 1 saturated heterocycles. The summed E-state index contributed by atoms with van der Waals surface area (Å²) < 4.78 is 27.6. The fourth-order valence-corrected chi connectivity index (χ4v) is 6.17. The summed E-state index contributed by atoms with van der Waals surface area (Å²) in [4.78, 5) is 21.4. The summed E-state index contributed by atoms with van der Waals surface area (Å²) in [6, 6.07) is 5.22. The largest absolute Gasteiger partial charge is 0.308 e. The average molecular weight is 397 g/mol. The van der Waals surface area contributed by atoms with Gasteiger partial charge in [0.1, 0.15) is 14.7 Å². The number of nitrogens with zero attached hydrogens (tertiary/aromatic N) is 3. The van der Waals surface area contributed by atoms with Crippen LogP contribution in [0.2, 0.25) is 0 Å². The van der Waals surface area contributed by atoms with Crippen LogP contribution in [0.3, 0.4) is 0 Å². The van der Waals surface area contributed by atoms with Crippen LogP contribution in [0.1, 0.15) is 5.82 Å². The Labute approximate surface area is 152 Å². The molecule has 4 rings (SSSR count). The van der Waals surface area contributed by atoms with Gasteiger partial charge in [-0.1, -0.05) is 6.07 Å². The zero-order valence-corrected chi connectivity index (χ0v) is 15.7. The maximum absolute atomic E-state index is 12.5. The van der Waals surface area contributed by atoms with Gasteiger partial charge in [-0.25, -0.2) is 13.4 Å². The van der Waals surface area contributed by atoms with Gasteiger partial charge in [0, 0.05) is 26.2 Å². The molecular weight excluding hydrogens is 380 g/mol. The first kappa shape index (κ1) is 16.9. The standard InChI is InChI=1S/C15H16N4O3S3/c20-15-14-11(3-9-24-14)16-12(17-15)10-18-4-6-19(7-5-18)25(21,22)13-2-1-8-23-13/h1-3,8-9H,4-7,10H2,(H,16,17,20). The van der Waals surface area contributed by atoms with Gasteiger partial charge in [0.05, 0.1) is 12.1 Å². The fourth-order valence-electron chi connectivity index (χ4n) is 2.87. The van der Waals surface area contributed by atoms with E-state index in [0.717, 1.165) is 0 Å². The van der Waals surface area contributed by atoms with Crippen LogP contribution >= 0.6 is 22.7 Å². The molecule has 4 heterocycles. The molecule has 1 fully saturated rings. The number of fused-ring (bicyclic) bond motifs is 1. The number of nitrogens with one attached hydrogen (secondary N) is 1. The van der Waals surface area contributed by atoms with E-state index in [1.165, 1.54) is 27.0 Å². The molecule has 0 bridgehead atoms. The van der Waals surface area contributed by atoms with Crippen molar-refractivity contribution >= 4 is 42.9 Å². The second-order valence-electron chi connectivity index (χ2n) is 5.76. The lowest BCUT2D eigenvalue weighted by atomic mass is 10.3. The first-order chi connectivity index (χ1) is 12.0. The van der Waals surface area contributed by atoms with Gasteiger partial charge >= 0.3 is 0 Å². The van der Waals surface area contributed by atoms with Crippen molar-refractivity contribution in [3.63, 3.8) is 0 Å². The molecule has 1 aliphatic rings. The van der Waals surface area contributed by atoms with Gasteiger partial charge in [-0.05, 0) is 22.9 Å². The lowest BCUT2D eigenvalue weighted by Gasteiger charge is -2.33. The Morgan fingerprint density at radius 2 is 1.92 bits per heavy atom. The summed E-state index contributed by atoms with van der Waals surface area (Å²) >= 11 is 2.62. The predicted molar refractivity (Wildman–Crippen MR) is 98.6 cm³/mol. The Balaban J connectivity index is 1.44. The Hall–Kier alpha value is -1.59. The van der Waals surface area contributed by atoms with Crippen LogP contribution in [0, 0.1) is 0 Å². The number of thiophene rings is 2. The molecule has 1 N–H and O–H groups in total. The van der Waals surface area contributed by atoms with E-state index in [0.29, 0.717) is 53.0 Å². The summed E-state index contributed by atoms with van der Waals surface area (Å²) in [7, 11) is -3.39. The number of sulfonamides is 1.